The number of hydrogen-bond donors (Lipinski definition) is 1. The first-order valence-corrected chi connectivity index (χ1v) is 4.93. The van der Waals surface area contributed by atoms with E-state index < -0.39 is 0 Å². The summed E-state index contributed by atoms with van der Waals surface area (Å²) < 4.78 is 0. The lowest BCUT2D eigenvalue weighted by Gasteiger charge is -2.14. The van der Waals surface area contributed by atoms with Crippen LogP contribution in [0.1, 0.15) is 11.6 Å². The van der Waals surface area contributed by atoms with Gasteiger partial charge in [0.1, 0.15) is 5.69 Å². The minimum atomic E-state index is -0.325. The number of hydrogen-bond acceptors (Lipinski definition) is 4. The Morgan fingerprint density at radius 2 is 2.40 bits per heavy atom. The smallest absolute Gasteiger partial charge is 0.292 e. The van der Waals surface area contributed by atoms with E-state index in [2.05, 4.69) is 10.2 Å². The fourth-order valence-corrected chi connectivity index (χ4v) is 2.44. The molecule has 2 aliphatic heterocycles. The standard InChI is InChI=1S/C10H11N3O2/c1-12-8-5-11-9-6(10(8)12)3-2-4-7(9)13(14)15/h2-4,8,10-11H,5H2,1H3/t8-,10+,12?/m1/s1. The van der Waals surface area contributed by atoms with Crippen LogP contribution in [0.25, 0.3) is 0 Å². The average molecular weight is 205 g/mol. The van der Waals surface area contributed by atoms with Crippen LogP contribution in [0.5, 0.6) is 0 Å². The number of likely N-dealkylation sites (N-methyl/N-ethyl adjacent to an activating group) is 1. The zero-order valence-electron chi connectivity index (χ0n) is 8.30. The van der Waals surface area contributed by atoms with Crippen LogP contribution in [0.15, 0.2) is 18.2 Å². The maximum atomic E-state index is 10.8. The second kappa shape index (κ2) is 2.70. The van der Waals surface area contributed by atoms with Gasteiger partial charge in [0.05, 0.1) is 11.0 Å². The molecule has 1 unspecified atom stereocenters. The van der Waals surface area contributed by atoms with Crippen LogP contribution in [-0.4, -0.2) is 29.5 Å². The predicted octanol–water partition coefficient (Wildman–Crippen LogP) is 1.38. The largest absolute Gasteiger partial charge is 0.378 e. The van der Waals surface area contributed by atoms with Gasteiger partial charge >= 0.3 is 0 Å². The van der Waals surface area contributed by atoms with E-state index >= 15 is 0 Å². The van der Waals surface area contributed by atoms with E-state index in [4.69, 9.17) is 0 Å². The molecular formula is C10H11N3O2. The topological polar surface area (TPSA) is 58.2 Å². The van der Waals surface area contributed by atoms with Crippen LogP contribution in [0, 0.1) is 10.1 Å². The van der Waals surface area contributed by atoms with Crippen LogP contribution >= 0.6 is 0 Å². The van der Waals surface area contributed by atoms with Gasteiger partial charge in [-0.05, 0) is 7.05 Å². The average Bonchev–Trinajstić information content (AvgIpc) is 2.89. The molecule has 0 amide bonds. The van der Waals surface area contributed by atoms with Gasteiger partial charge in [0, 0.05) is 24.2 Å². The van der Waals surface area contributed by atoms with Crippen LogP contribution < -0.4 is 5.32 Å². The maximum absolute atomic E-state index is 10.8. The molecule has 3 atom stereocenters. The van der Waals surface area contributed by atoms with Gasteiger partial charge in [0.25, 0.3) is 5.69 Å². The predicted molar refractivity (Wildman–Crippen MR) is 55.9 cm³/mol. The van der Waals surface area contributed by atoms with Crippen LogP contribution in [0.4, 0.5) is 11.4 Å². The Labute approximate surface area is 86.8 Å². The highest BCUT2D eigenvalue weighted by atomic mass is 16.6. The molecule has 0 aromatic heterocycles. The lowest BCUT2D eigenvalue weighted by Crippen LogP contribution is -2.16. The SMILES string of the molecule is CN1[C@@H]2CNc3c(cccc3[N+](=O)[O-])[C@@H]21. The molecule has 0 spiro atoms. The maximum Gasteiger partial charge on any atom is 0.292 e. The van der Waals surface area contributed by atoms with Crippen molar-refractivity contribution in [2.24, 2.45) is 0 Å². The molecule has 1 N–H and O–H groups in total. The summed E-state index contributed by atoms with van der Waals surface area (Å²) in [4.78, 5) is 12.7. The second-order valence-corrected chi connectivity index (χ2v) is 4.06. The Morgan fingerprint density at radius 1 is 1.60 bits per heavy atom. The molecule has 3 rings (SSSR count). The molecule has 1 fully saturated rings. The van der Waals surface area contributed by atoms with Gasteiger partial charge in [-0.2, -0.15) is 0 Å². The number of nitro groups is 1. The van der Waals surface area contributed by atoms with Gasteiger partial charge in [0.2, 0.25) is 0 Å². The monoisotopic (exact) mass is 205 g/mol. The molecule has 0 aliphatic carbocycles. The number of anilines is 1. The quantitative estimate of drug-likeness (QED) is 0.427. The highest BCUT2D eigenvalue weighted by molar-refractivity contribution is 5.70. The summed E-state index contributed by atoms with van der Waals surface area (Å²) in [6.45, 7) is 0.805. The van der Waals surface area contributed by atoms with Gasteiger partial charge in [-0.1, -0.05) is 12.1 Å². The number of para-hydroxylation sites is 1. The van der Waals surface area contributed by atoms with Gasteiger partial charge < -0.3 is 5.32 Å². The summed E-state index contributed by atoms with van der Waals surface area (Å²) in [5, 5.41) is 14.0. The summed E-state index contributed by atoms with van der Waals surface area (Å²) in [5.74, 6) is 0. The Morgan fingerprint density at radius 3 is 3.13 bits per heavy atom. The summed E-state index contributed by atoms with van der Waals surface area (Å²) in [6, 6.07) is 6.16. The van der Waals surface area contributed by atoms with E-state index in [1.54, 1.807) is 12.1 Å². The van der Waals surface area contributed by atoms with Crippen molar-refractivity contribution in [1.29, 1.82) is 0 Å². The van der Waals surface area contributed by atoms with E-state index in [0.29, 0.717) is 17.8 Å². The third kappa shape index (κ3) is 1.07. The van der Waals surface area contributed by atoms with Crippen molar-refractivity contribution in [1.82, 2.24) is 4.90 Å². The highest BCUT2D eigenvalue weighted by Gasteiger charge is 2.49. The molecule has 1 aromatic carbocycles. The number of fused-ring (bicyclic) bond motifs is 3. The van der Waals surface area contributed by atoms with Crippen molar-refractivity contribution in [2.75, 3.05) is 18.9 Å². The van der Waals surface area contributed by atoms with Crippen molar-refractivity contribution < 1.29 is 4.92 Å². The third-order valence-electron chi connectivity index (χ3n) is 3.31. The molecule has 5 heteroatoms. The molecule has 2 heterocycles. The fourth-order valence-electron chi connectivity index (χ4n) is 2.44. The molecule has 78 valence electrons. The van der Waals surface area contributed by atoms with E-state index in [-0.39, 0.29) is 10.6 Å². The molecular weight excluding hydrogens is 194 g/mol. The Kier molecular flexibility index (Phi) is 1.56. The highest BCUT2D eigenvalue weighted by Crippen LogP contribution is 2.49. The van der Waals surface area contributed by atoms with Crippen molar-refractivity contribution in [3.63, 3.8) is 0 Å². The molecule has 0 saturated carbocycles. The number of nitrogens with zero attached hydrogens (tertiary/aromatic N) is 2. The van der Waals surface area contributed by atoms with E-state index in [1.807, 2.05) is 13.1 Å². The zero-order valence-corrected chi connectivity index (χ0v) is 8.30. The van der Waals surface area contributed by atoms with Gasteiger partial charge in [-0.25, -0.2) is 0 Å². The fraction of sp³-hybridized carbons (Fsp3) is 0.400. The summed E-state index contributed by atoms with van der Waals surface area (Å²) in [6.07, 6.45) is 0. The van der Waals surface area contributed by atoms with Gasteiger partial charge in [-0.3, -0.25) is 15.0 Å². The summed E-state index contributed by atoms with van der Waals surface area (Å²) in [5.41, 5.74) is 1.95. The van der Waals surface area contributed by atoms with Gasteiger partial charge in [0.15, 0.2) is 0 Å². The second-order valence-electron chi connectivity index (χ2n) is 4.06. The van der Waals surface area contributed by atoms with Crippen LogP contribution in [-0.2, 0) is 0 Å². The number of benzene rings is 1. The number of rotatable bonds is 1. The molecule has 15 heavy (non-hydrogen) atoms. The van der Waals surface area contributed by atoms with Crippen molar-refractivity contribution in [3.8, 4) is 0 Å². The molecule has 0 radical (unpaired) electrons. The number of nitrogens with one attached hydrogen (secondary N) is 1. The minimum absolute atomic E-state index is 0.186. The molecule has 1 saturated heterocycles. The van der Waals surface area contributed by atoms with Crippen molar-refractivity contribution >= 4 is 11.4 Å². The Bertz CT molecular complexity index is 446. The first kappa shape index (κ1) is 8.67. The van der Waals surface area contributed by atoms with Crippen LogP contribution in [0.3, 0.4) is 0 Å². The first-order chi connectivity index (χ1) is 7.20. The summed E-state index contributed by atoms with van der Waals surface area (Å²) >= 11 is 0. The summed E-state index contributed by atoms with van der Waals surface area (Å²) in [7, 11) is 2.05. The molecule has 2 aliphatic rings. The molecule has 1 aromatic rings. The lowest BCUT2D eigenvalue weighted by molar-refractivity contribution is -0.384. The zero-order chi connectivity index (χ0) is 10.6. The first-order valence-electron chi connectivity index (χ1n) is 4.93. The van der Waals surface area contributed by atoms with E-state index in [0.717, 1.165) is 12.1 Å². The van der Waals surface area contributed by atoms with Crippen molar-refractivity contribution in [2.45, 2.75) is 12.1 Å². The minimum Gasteiger partial charge on any atom is -0.378 e. The van der Waals surface area contributed by atoms with E-state index in [9.17, 15) is 10.1 Å². The molecule has 5 nitrogen and oxygen atoms in total. The van der Waals surface area contributed by atoms with Gasteiger partial charge in [-0.15, -0.1) is 0 Å². The van der Waals surface area contributed by atoms with Crippen molar-refractivity contribution in [3.05, 3.63) is 33.9 Å². The third-order valence-corrected chi connectivity index (χ3v) is 3.31. The Balaban J connectivity index is 2.13. The number of nitro benzene ring substituents is 1. The lowest BCUT2D eigenvalue weighted by atomic mass is 10.0. The normalized spacial score (nSPS) is 31.1. The molecule has 0 bridgehead atoms. The Hall–Kier alpha value is -1.62. The van der Waals surface area contributed by atoms with E-state index in [1.165, 1.54) is 0 Å². The van der Waals surface area contributed by atoms with Crippen LogP contribution in [0.2, 0.25) is 0 Å².